The molecule has 1 aliphatic rings. The maximum atomic E-state index is 13.4. The van der Waals surface area contributed by atoms with E-state index in [9.17, 15) is 4.39 Å². The minimum Gasteiger partial charge on any atom is -0.385 e. The van der Waals surface area contributed by atoms with Crippen LogP contribution in [0.25, 0.3) is 0 Å². The summed E-state index contributed by atoms with van der Waals surface area (Å²) in [5.74, 6) is -0.191. The number of halogens is 2. The molecule has 98 valence electrons. The van der Waals surface area contributed by atoms with Gasteiger partial charge in [-0.05, 0) is 60.2 Å². The quantitative estimate of drug-likeness (QED) is 0.857. The summed E-state index contributed by atoms with van der Waals surface area (Å²) >= 11 is 3.34. The molecular formula is C16H15BrFN. The molecule has 1 aliphatic heterocycles. The minimum atomic E-state index is -0.191. The van der Waals surface area contributed by atoms with Crippen LogP contribution < -0.4 is 5.32 Å². The van der Waals surface area contributed by atoms with Crippen molar-refractivity contribution in [1.82, 2.24) is 0 Å². The lowest BCUT2D eigenvalue weighted by atomic mass is 9.97. The van der Waals surface area contributed by atoms with Gasteiger partial charge in [0.05, 0.1) is 0 Å². The van der Waals surface area contributed by atoms with Crippen LogP contribution in [0.15, 0.2) is 40.9 Å². The molecule has 0 aliphatic carbocycles. The molecule has 3 rings (SSSR count). The molecular weight excluding hydrogens is 305 g/mol. The lowest BCUT2D eigenvalue weighted by Gasteiger charge is -2.18. The smallest absolute Gasteiger partial charge is 0.124 e. The highest BCUT2D eigenvalue weighted by molar-refractivity contribution is 9.10. The number of fused-ring (bicyclic) bond motifs is 1. The average molecular weight is 320 g/mol. The summed E-state index contributed by atoms with van der Waals surface area (Å²) in [5.41, 5.74) is 4.85. The van der Waals surface area contributed by atoms with E-state index in [0.29, 0.717) is 0 Å². The van der Waals surface area contributed by atoms with Crippen LogP contribution in [0.3, 0.4) is 0 Å². The Balaban J connectivity index is 1.86. The van der Waals surface area contributed by atoms with Gasteiger partial charge in [0.1, 0.15) is 5.82 Å². The van der Waals surface area contributed by atoms with Gasteiger partial charge in [-0.15, -0.1) is 0 Å². The van der Waals surface area contributed by atoms with Crippen molar-refractivity contribution in [3.05, 3.63) is 63.4 Å². The van der Waals surface area contributed by atoms with Crippen LogP contribution in [0.2, 0.25) is 0 Å². The van der Waals surface area contributed by atoms with Crippen LogP contribution in [0.4, 0.5) is 10.1 Å². The second kappa shape index (κ2) is 5.33. The number of nitrogens with one attached hydrogen (secondary N) is 1. The van der Waals surface area contributed by atoms with Crippen LogP contribution in [0.1, 0.15) is 23.1 Å². The Morgan fingerprint density at radius 1 is 1.11 bits per heavy atom. The van der Waals surface area contributed by atoms with Gasteiger partial charge in [-0.3, -0.25) is 0 Å². The molecule has 0 spiro atoms. The molecule has 0 atom stereocenters. The first kappa shape index (κ1) is 12.7. The van der Waals surface area contributed by atoms with E-state index >= 15 is 0 Å². The molecule has 0 saturated carbocycles. The van der Waals surface area contributed by atoms with Gasteiger partial charge in [0.15, 0.2) is 0 Å². The van der Waals surface area contributed by atoms with Gasteiger partial charge >= 0.3 is 0 Å². The second-order valence-electron chi connectivity index (χ2n) is 4.98. The summed E-state index contributed by atoms with van der Waals surface area (Å²) in [4.78, 5) is 0. The molecule has 1 N–H and O–H groups in total. The third kappa shape index (κ3) is 2.98. The summed E-state index contributed by atoms with van der Waals surface area (Å²) in [6.07, 6.45) is 3.08. The summed E-state index contributed by atoms with van der Waals surface area (Å²) < 4.78 is 14.2. The van der Waals surface area contributed by atoms with Gasteiger partial charge in [-0.25, -0.2) is 4.39 Å². The lowest BCUT2D eigenvalue weighted by molar-refractivity contribution is 0.625. The molecule has 0 fully saturated rings. The van der Waals surface area contributed by atoms with E-state index in [1.54, 1.807) is 6.07 Å². The minimum absolute atomic E-state index is 0.191. The Morgan fingerprint density at radius 2 is 2.00 bits per heavy atom. The molecule has 0 unspecified atom stereocenters. The SMILES string of the molecule is Fc1cc(Br)cc(Cc2ccc3c(c2)CCCN3)c1. The molecule has 0 radical (unpaired) electrons. The lowest BCUT2D eigenvalue weighted by Crippen LogP contribution is -2.11. The van der Waals surface area contributed by atoms with Crippen molar-refractivity contribution in [3.63, 3.8) is 0 Å². The van der Waals surface area contributed by atoms with E-state index < -0.39 is 0 Å². The van der Waals surface area contributed by atoms with Crippen molar-refractivity contribution in [2.24, 2.45) is 0 Å². The van der Waals surface area contributed by atoms with Crippen molar-refractivity contribution in [2.45, 2.75) is 19.3 Å². The molecule has 0 aromatic heterocycles. The van der Waals surface area contributed by atoms with Crippen LogP contribution >= 0.6 is 15.9 Å². The van der Waals surface area contributed by atoms with E-state index in [4.69, 9.17) is 0 Å². The van der Waals surface area contributed by atoms with E-state index in [1.165, 1.54) is 29.3 Å². The van der Waals surface area contributed by atoms with Gasteiger partial charge in [0, 0.05) is 16.7 Å². The third-order valence-corrected chi connectivity index (χ3v) is 3.90. The number of hydrogen-bond acceptors (Lipinski definition) is 1. The van der Waals surface area contributed by atoms with Crippen molar-refractivity contribution >= 4 is 21.6 Å². The van der Waals surface area contributed by atoms with Crippen LogP contribution in [0.5, 0.6) is 0 Å². The maximum Gasteiger partial charge on any atom is 0.124 e. The maximum absolute atomic E-state index is 13.4. The van der Waals surface area contributed by atoms with Crippen molar-refractivity contribution in [2.75, 3.05) is 11.9 Å². The Kier molecular flexibility index (Phi) is 3.56. The van der Waals surface area contributed by atoms with Gasteiger partial charge < -0.3 is 5.32 Å². The Bertz CT molecular complexity index is 589. The molecule has 0 bridgehead atoms. The number of benzene rings is 2. The molecule has 1 nitrogen and oxygen atoms in total. The van der Waals surface area contributed by atoms with Gasteiger partial charge in [-0.1, -0.05) is 28.1 Å². The number of hydrogen-bond donors (Lipinski definition) is 1. The largest absolute Gasteiger partial charge is 0.385 e. The fourth-order valence-corrected chi connectivity index (χ4v) is 3.10. The predicted octanol–water partition coefficient (Wildman–Crippen LogP) is 4.54. The van der Waals surface area contributed by atoms with Crippen LogP contribution in [-0.4, -0.2) is 6.54 Å². The molecule has 2 aromatic rings. The Morgan fingerprint density at radius 3 is 2.84 bits per heavy atom. The van der Waals surface area contributed by atoms with Crippen molar-refractivity contribution in [3.8, 4) is 0 Å². The van der Waals surface area contributed by atoms with E-state index in [1.807, 2.05) is 6.07 Å². The van der Waals surface area contributed by atoms with Gasteiger partial charge in [0.2, 0.25) is 0 Å². The molecule has 0 amide bonds. The highest BCUT2D eigenvalue weighted by Gasteiger charge is 2.09. The van der Waals surface area contributed by atoms with E-state index in [-0.39, 0.29) is 5.82 Å². The normalized spacial score (nSPS) is 13.8. The van der Waals surface area contributed by atoms with Crippen molar-refractivity contribution < 1.29 is 4.39 Å². The standard InChI is InChI=1S/C16H15BrFN/c17-14-8-12(9-15(18)10-14)6-11-3-4-16-13(7-11)2-1-5-19-16/h3-4,7-10,19H,1-2,5-6H2. The fourth-order valence-electron chi connectivity index (χ4n) is 2.59. The highest BCUT2D eigenvalue weighted by atomic mass is 79.9. The van der Waals surface area contributed by atoms with E-state index in [2.05, 4.69) is 39.4 Å². The average Bonchev–Trinajstić information content (AvgIpc) is 2.37. The molecule has 19 heavy (non-hydrogen) atoms. The summed E-state index contributed by atoms with van der Waals surface area (Å²) in [6, 6.07) is 11.6. The summed E-state index contributed by atoms with van der Waals surface area (Å²) in [7, 11) is 0. The van der Waals surface area contributed by atoms with Gasteiger partial charge in [0.25, 0.3) is 0 Å². The zero-order valence-electron chi connectivity index (χ0n) is 10.5. The fraction of sp³-hybridized carbons (Fsp3) is 0.250. The first-order valence-electron chi connectivity index (χ1n) is 6.51. The zero-order chi connectivity index (χ0) is 13.2. The molecule has 2 aromatic carbocycles. The van der Waals surface area contributed by atoms with E-state index in [0.717, 1.165) is 29.4 Å². The second-order valence-corrected chi connectivity index (χ2v) is 5.89. The number of rotatable bonds is 2. The first-order chi connectivity index (χ1) is 9.20. The topological polar surface area (TPSA) is 12.0 Å². The predicted molar refractivity (Wildman–Crippen MR) is 80.2 cm³/mol. The van der Waals surface area contributed by atoms with Crippen LogP contribution in [-0.2, 0) is 12.8 Å². The zero-order valence-corrected chi connectivity index (χ0v) is 12.1. The Hall–Kier alpha value is -1.35. The first-order valence-corrected chi connectivity index (χ1v) is 7.31. The Labute approximate surface area is 121 Å². The van der Waals surface area contributed by atoms with Crippen LogP contribution in [0, 0.1) is 5.82 Å². The molecule has 1 heterocycles. The van der Waals surface area contributed by atoms with Crippen molar-refractivity contribution in [1.29, 1.82) is 0 Å². The number of aryl methyl sites for hydroxylation is 1. The van der Waals surface area contributed by atoms with Gasteiger partial charge in [-0.2, -0.15) is 0 Å². The summed E-state index contributed by atoms with van der Waals surface area (Å²) in [5, 5.41) is 3.40. The molecule has 0 saturated heterocycles. The monoisotopic (exact) mass is 319 g/mol. The number of anilines is 1. The highest BCUT2D eigenvalue weighted by Crippen LogP contribution is 2.25. The molecule has 3 heteroatoms. The summed E-state index contributed by atoms with van der Waals surface area (Å²) in [6.45, 7) is 1.06. The third-order valence-electron chi connectivity index (χ3n) is 3.44.